The molecule has 3 N–H and O–H groups in total. The van der Waals surface area contributed by atoms with Gasteiger partial charge in [-0.25, -0.2) is 0 Å². The summed E-state index contributed by atoms with van der Waals surface area (Å²) in [6.45, 7) is 3.70. The number of nitrogens with two attached hydrogens (primary N) is 1. The maximum Gasteiger partial charge on any atom is 0.264 e. The standard InChI is InChI=1S/C13H16N4O2S/c1-8-4-3-5-10(6-8)19-7-11(18)15-13-17-16-12(20-13)9(2)14/h3-6,9H,7,14H2,1-2H3,(H,15,17,18). The van der Waals surface area contributed by atoms with Crippen molar-refractivity contribution in [2.75, 3.05) is 11.9 Å². The summed E-state index contributed by atoms with van der Waals surface area (Å²) in [6, 6.07) is 7.32. The van der Waals surface area contributed by atoms with Gasteiger partial charge in [0.1, 0.15) is 10.8 Å². The first-order valence-electron chi connectivity index (χ1n) is 6.13. The maximum atomic E-state index is 11.7. The van der Waals surface area contributed by atoms with E-state index in [9.17, 15) is 4.79 Å². The molecule has 0 aliphatic carbocycles. The summed E-state index contributed by atoms with van der Waals surface area (Å²) in [7, 11) is 0. The minimum absolute atomic E-state index is 0.0729. The number of nitrogens with zero attached hydrogens (tertiary/aromatic N) is 2. The first kappa shape index (κ1) is 14.4. The van der Waals surface area contributed by atoms with Gasteiger partial charge in [-0.1, -0.05) is 23.5 Å². The van der Waals surface area contributed by atoms with Crippen LogP contribution < -0.4 is 15.8 Å². The van der Waals surface area contributed by atoms with Crippen LogP contribution >= 0.6 is 11.3 Å². The van der Waals surface area contributed by atoms with Gasteiger partial charge in [0.25, 0.3) is 5.91 Å². The lowest BCUT2D eigenvalue weighted by molar-refractivity contribution is -0.118. The van der Waals surface area contributed by atoms with Crippen molar-refractivity contribution in [2.45, 2.75) is 19.9 Å². The van der Waals surface area contributed by atoms with Gasteiger partial charge in [-0.3, -0.25) is 10.1 Å². The number of aromatic nitrogens is 2. The molecular formula is C13H16N4O2S. The average Bonchev–Trinajstić information content (AvgIpc) is 2.85. The zero-order valence-corrected chi connectivity index (χ0v) is 12.1. The Kier molecular flexibility index (Phi) is 4.65. The minimum atomic E-state index is -0.279. The Hall–Kier alpha value is -1.99. The molecule has 1 heterocycles. The number of ether oxygens (including phenoxy) is 1. The smallest absolute Gasteiger partial charge is 0.264 e. The number of aryl methyl sites for hydroxylation is 1. The Morgan fingerprint density at radius 1 is 1.50 bits per heavy atom. The third-order valence-corrected chi connectivity index (χ3v) is 3.48. The predicted octanol–water partition coefficient (Wildman–Crippen LogP) is 1.88. The van der Waals surface area contributed by atoms with Crippen molar-refractivity contribution < 1.29 is 9.53 Å². The van der Waals surface area contributed by atoms with E-state index >= 15 is 0 Å². The van der Waals surface area contributed by atoms with Crippen molar-refractivity contribution in [3.63, 3.8) is 0 Å². The lowest BCUT2D eigenvalue weighted by atomic mass is 10.2. The van der Waals surface area contributed by atoms with E-state index in [1.54, 1.807) is 6.07 Å². The van der Waals surface area contributed by atoms with Crippen LogP contribution in [0.5, 0.6) is 5.75 Å². The van der Waals surface area contributed by atoms with E-state index < -0.39 is 0 Å². The summed E-state index contributed by atoms with van der Waals surface area (Å²) >= 11 is 1.26. The molecule has 106 valence electrons. The van der Waals surface area contributed by atoms with E-state index in [0.717, 1.165) is 5.56 Å². The highest BCUT2D eigenvalue weighted by Gasteiger charge is 2.11. The number of hydrogen-bond acceptors (Lipinski definition) is 6. The Balaban J connectivity index is 1.86. The van der Waals surface area contributed by atoms with Crippen LogP contribution in [-0.2, 0) is 4.79 Å². The Bertz CT molecular complexity index is 598. The molecule has 1 aromatic heterocycles. The minimum Gasteiger partial charge on any atom is -0.484 e. The first-order chi connectivity index (χ1) is 9.54. The van der Waals surface area contributed by atoms with Gasteiger partial charge in [-0.15, -0.1) is 10.2 Å². The van der Waals surface area contributed by atoms with Crippen LogP contribution in [0.2, 0.25) is 0 Å². The van der Waals surface area contributed by atoms with Gasteiger partial charge in [0.2, 0.25) is 5.13 Å². The highest BCUT2D eigenvalue weighted by atomic mass is 32.1. The molecule has 0 bridgehead atoms. The molecule has 20 heavy (non-hydrogen) atoms. The molecule has 0 aliphatic heterocycles. The molecule has 0 spiro atoms. The van der Waals surface area contributed by atoms with Crippen molar-refractivity contribution in [1.82, 2.24) is 10.2 Å². The summed E-state index contributed by atoms with van der Waals surface area (Å²) in [5.74, 6) is 0.382. The molecule has 0 saturated heterocycles. The van der Waals surface area contributed by atoms with E-state index in [4.69, 9.17) is 10.5 Å². The average molecular weight is 292 g/mol. The Labute approximate surface area is 121 Å². The predicted molar refractivity (Wildman–Crippen MR) is 77.8 cm³/mol. The van der Waals surface area contributed by atoms with Crippen molar-refractivity contribution in [1.29, 1.82) is 0 Å². The van der Waals surface area contributed by atoms with E-state index in [-0.39, 0.29) is 18.6 Å². The molecule has 0 fully saturated rings. The Morgan fingerprint density at radius 2 is 2.30 bits per heavy atom. The van der Waals surface area contributed by atoms with Gasteiger partial charge in [-0.2, -0.15) is 0 Å². The highest BCUT2D eigenvalue weighted by molar-refractivity contribution is 7.15. The zero-order valence-electron chi connectivity index (χ0n) is 11.3. The second-order valence-electron chi connectivity index (χ2n) is 4.39. The summed E-state index contributed by atoms with van der Waals surface area (Å²) in [6.07, 6.45) is 0. The fourth-order valence-electron chi connectivity index (χ4n) is 1.48. The number of nitrogens with one attached hydrogen (secondary N) is 1. The topological polar surface area (TPSA) is 90.1 Å². The van der Waals surface area contributed by atoms with Gasteiger partial charge in [0.15, 0.2) is 6.61 Å². The molecular weight excluding hydrogens is 276 g/mol. The summed E-state index contributed by atoms with van der Waals surface area (Å²) < 4.78 is 5.39. The van der Waals surface area contributed by atoms with Crippen LogP contribution in [-0.4, -0.2) is 22.7 Å². The van der Waals surface area contributed by atoms with Gasteiger partial charge < -0.3 is 10.5 Å². The second-order valence-corrected chi connectivity index (χ2v) is 5.40. The molecule has 0 saturated carbocycles. The molecule has 7 heteroatoms. The third kappa shape index (κ3) is 4.01. The maximum absolute atomic E-state index is 11.7. The number of carbonyl (C=O) groups is 1. The SMILES string of the molecule is Cc1cccc(OCC(=O)Nc2nnc(C(C)N)s2)c1. The van der Waals surface area contributed by atoms with E-state index in [1.807, 2.05) is 32.0 Å². The van der Waals surface area contributed by atoms with Gasteiger partial charge >= 0.3 is 0 Å². The number of anilines is 1. The van der Waals surface area contributed by atoms with Crippen molar-refractivity contribution in [2.24, 2.45) is 5.73 Å². The zero-order chi connectivity index (χ0) is 14.5. The Morgan fingerprint density at radius 3 is 2.95 bits per heavy atom. The molecule has 1 unspecified atom stereocenters. The molecule has 6 nitrogen and oxygen atoms in total. The molecule has 0 radical (unpaired) electrons. The number of carbonyl (C=O) groups excluding carboxylic acids is 1. The van der Waals surface area contributed by atoms with Crippen LogP contribution in [0, 0.1) is 6.92 Å². The number of hydrogen-bond donors (Lipinski definition) is 2. The van der Waals surface area contributed by atoms with Crippen LogP contribution in [0.15, 0.2) is 24.3 Å². The van der Waals surface area contributed by atoms with Crippen LogP contribution in [0.3, 0.4) is 0 Å². The lowest BCUT2D eigenvalue weighted by Crippen LogP contribution is -2.20. The normalized spacial score (nSPS) is 11.9. The van der Waals surface area contributed by atoms with Crippen molar-refractivity contribution >= 4 is 22.4 Å². The molecule has 1 atom stereocenters. The first-order valence-corrected chi connectivity index (χ1v) is 6.94. The largest absolute Gasteiger partial charge is 0.484 e. The molecule has 1 amide bonds. The van der Waals surface area contributed by atoms with Crippen molar-refractivity contribution in [3.8, 4) is 5.75 Å². The summed E-state index contributed by atoms with van der Waals surface area (Å²) in [5.41, 5.74) is 6.75. The monoisotopic (exact) mass is 292 g/mol. The van der Waals surface area contributed by atoms with Gasteiger partial charge in [0.05, 0.1) is 6.04 Å². The van der Waals surface area contributed by atoms with E-state index in [2.05, 4.69) is 15.5 Å². The molecule has 2 rings (SSSR count). The van der Waals surface area contributed by atoms with Crippen LogP contribution in [0.4, 0.5) is 5.13 Å². The third-order valence-electron chi connectivity index (χ3n) is 2.44. The fourth-order valence-corrected chi connectivity index (χ4v) is 2.19. The summed E-state index contributed by atoms with van der Waals surface area (Å²) in [4.78, 5) is 11.7. The second kappa shape index (κ2) is 6.44. The molecule has 0 aliphatic rings. The van der Waals surface area contributed by atoms with Crippen LogP contribution in [0.1, 0.15) is 23.5 Å². The number of amides is 1. The van der Waals surface area contributed by atoms with Crippen molar-refractivity contribution in [3.05, 3.63) is 34.8 Å². The van der Waals surface area contributed by atoms with Gasteiger partial charge in [-0.05, 0) is 31.5 Å². The lowest BCUT2D eigenvalue weighted by Gasteiger charge is -2.06. The van der Waals surface area contributed by atoms with Gasteiger partial charge in [0, 0.05) is 0 Å². The van der Waals surface area contributed by atoms with Crippen LogP contribution in [0.25, 0.3) is 0 Å². The summed E-state index contributed by atoms with van der Waals surface area (Å²) in [5, 5.41) is 11.5. The van der Waals surface area contributed by atoms with E-state index in [1.165, 1.54) is 11.3 Å². The fraction of sp³-hybridized carbons (Fsp3) is 0.308. The number of benzene rings is 1. The highest BCUT2D eigenvalue weighted by Crippen LogP contribution is 2.19. The van der Waals surface area contributed by atoms with E-state index in [0.29, 0.717) is 15.9 Å². The number of rotatable bonds is 5. The quantitative estimate of drug-likeness (QED) is 0.878. The molecule has 2 aromatic rings. The molecule has 1 aromatic carbocycles.